The van der Waals surface area contributed by atoms with Gasteiger partial charge in [-0.3, -0.25) is 19.8 Å². The van der Waals surface area contributed by atoms with Crippen molar-refractivity contribution in [3.63, 3.8) is 0 Å². The summed E-state index contributed by atoms with van der Waals surface area (Å²) in [5.74, 6) is 0.242. The zero-order valence-electron chi connectivity index (χ0n) is 16.0. The Hall–Kier alpha value is -2.84. The topological polar surface area (TPSA) is 85.2 Å². The van der Waals surface area contributed by atoms with Crippen LogP contribution in [0.15, 0.2) is 42.5 Å². The summed E-state index contributed by atoms with van der Waals surface area (Å²) in [6.07, 6.45) is 0. The number of ether oxygens (including phenoxy) is 2. The second kappa shape index (κ2) is 9.58. The van der Waals surface area contributed by atoms with E-state index in [-0.39, 0.29) is 24.0 Å². The summed E-state index contributed by atoms with van der Waals surface area (Å²) < 4.78 is 10.5. The molecule has 1 aliphatic rings. The van der Waals surface area contributed by atoms with E-state index in [0.29, 0.717) is 23.9 Å². The van der Waals surface area contributed by atoms with Gasteiger partial charge in [0, 0.05) is 49.9 Å². The van der Waals surface area contributed by atoms with Crippen LogP contribution in [0.4, 0.5) is 5.69 Å². The molecule has 9 heteroatoms. The van der Waals surface area contributed by atoms with E-state index >= 15 is 0 Å². The van der Waals surface area contributed by atoms with Crippen LogP contribution in [0.3, 0.4) is 0 Å². The second-order valence-corrected chi connectivity index (χ2v) is 7.10. The third-order valence-electron chi connectivity index (χ3n) is 4.76. The molecule has 1 saturated heterocycles. The van der Waals surface area contributed by atoms with Gasteiger partial charge in [-0.25, -0.2) is 0 Å². The van der Waals surface area contributed by atoms with E-state index in [4.69, 9.17) is 21.1 Å². The molecule has 0 radical (unpaired) electrons. The minimum absolute atomic E-state index is 0.0177. The van der Waals surface area contributed by atoms with Gasteiger partial charge < -0.3 is 14.4 Å². The van der Waals surface area contributed by atoms with Crippen LogP contribution in [0.1, 0.15) is 5.56 Å². The van der Waals surface area contributed by atoms with Crippen LogP contribution in [-0.4, -0.2) is 60.5 Å². The van der Waals surface area contributed by atoms with E-state index in [1.165, 1.54) is 30.9 Å². The van der Waals surface area contributed by atoms with E-state index in [2.05, 4.69) is 4.90 Å². The van der Waals surface area contributed by atoms with Crippen LogP contribution in [0.25, 0.3) is 0 Å². The minimum atomic E-state index is -0.547. The number of amides is 1. The maximum atomic E-state index is 12.5. The Morgan fingerprint density at radius 1 is 1.14 bits per heavy atom. The van der Waals surface area contributed by atoms with Gasteiger partial charge in [0.25, 0.3) is 5.91 Å². The highest BCUT2D eigenvalue weighted by Gasteiger charge is 2.23. The molecule has 1 fully saturated rings. The summed E-state index contributed by atoms with van der Waals surface area (Å²) >= 11 is 5.91. The lowest BCUT2D eigenvalue weighted by atomic mass is 10.2. The molecule has 0 aromatic heterocycles. The molecule has 0 atom stereocenters. The number of rotatable bonds is 7. The molecule has 29 heavy (non-hydrogen) atoms. The predicted molar refractivity (Wildman–Crippen MR) is 108 cm³/mol. The van der Waals surface area contributed by atoms with Gasteiger partial charge in [0.2, 0.25) is 5.75 Å². The second-order valence-electron chi connectivity index (χ2n) is 6.66. The molecule has 0 spiro atoms. The van der Waals surface area contributed by atoms with Crippen LogP contribution in [-0.2, 0) is 11.3 Å². The average molecular weight is 420 g/mol. The molecule has 1 heterocycles. The lowest BCUT2D eigenvalue weighted by Gasteiger charge is -2.34. The molecule has 154 valence electrons. The average Bonchev–Trinajstić information content (AvgIpc) is 2.73. The van der Waals surface area contributed by atoms with Crippen LogP contribution in [0, 0.1) is 10.1 Å². The molecule has 0 bridgehead atoms. The highest BCUT2D eigenvalue weighted by Crippen LogP contribution is 2.31. The fourth-order valence-electron chi connectivity index (χ4n) is 3.12. The van der Waals surface area contributed by atoms with E-state index in [1.54, 1.807) is 4.90 Å². The standard InChI is InChI=1S/C20H22ClN3O5/c1-28-17-6-7-18(24(26)27)19(12-17)29-14-20(25)23-10-8-22(9-11-23)13-15-2-4-16(21)5-3-15/h2-7,12H,8-11,13-14H2,1H3. The van der Waals surface area contributed by atoms with Gasteiger partial charge in [-0.2, -0.15) is 0 Å². The fraction of sp³-hybridized carbons (Fsp3) is 0.350. The van der Waals surface area contributed by atoms with Crippen LogP contribution in [0.2, 0.25) is 5.02 Å². The molecule has 2 aromatic carbocycles. The van der Waals surface area contributed by atoms with Gasteiger partial charge in [0.05, 0.1) is 12.0 Å². The zero-order chi connectivity index (χ0) is 20.8. The maximum absolute atomic E-state index is 12.5. The Morgan fingerprint density at radius 3 is 2.45 bits per heavy atom. The number of carbonyl (C=O) groups is 1. The van der Waals surface area contributed by atoms with Gasteiger partial charge in [0.1, 0.15) is 5.75 Å². The third-order valence-corrected chi connectivity index (χ3v) is 5.01. The number of halogens is 1. The predicted octanol–water partition coefficient (Wildman–Crippen LogP) is 2.98. The molecule has 0 unspecified atom stereocenters. The number of hydrogen-bond acceptors (Lipinski definition) is 6. The Balaban J connectivity index is 1.51. The van der Waals surface area contributed by atoms with Crippen LogP contribution in [0.5, 0.6) is 11.5 Å². The van der Waals surface area contributed by atoms with Crippen molar-refractivity contribution >= 4 is 23.2 Å². The van der Waals surface area contributed by atoms with Crippen molar-refractivity contribution in [3.8, 4) is 11.5 Å². The first-order valence-electron chi connectivity index (χ1n) is 9.16. The molecule has 3 rings (SSSR count). The Labute approximate surface area is 173 Å². The first kappa shape index (κ1) is 20.9. The molecule has 8 nitrogen and oxygen atoms in total. The molecule has 1 aliphatic heterocycles. The van der Waals surface area contributed by atoms with Gasteiger partial charge in [-0.15, -0.1) is 0 Å². The zero-order valence-corrected chi connectivity index (χ0v) is 16.8. The third kappa shape index (κ3) is 5.58. The van der Waals surface area contributed by atoms with Gasteiger partial charge in [-0.05, 0) is 23.8 Å². The molecule has 1 amide bonds. The van der Waals surface area contributed by atoms with Gasteiger partial charge >= 0.3 is 5.69 Å². The Morgan fingerprint density at radius 2 is 1.83 bits per heavy atom. The number of methoxy groups -OCH3 is 1. The van der Waals surface area contributed by atoms with E-state index in [1.807, 2.05) is 24.3 Å². The number of nitro benzene ring substituents is 1. The molecular weight excluding hydrogens is 398 g/mol. The first-order valence-corrected chi connectivity index (χ1v) is 9.54. The number of benzene rings is 2. The monoisotopic (exact) mass is 419 g/mol. The number of nitrogens with zero attached hydrogens (tertiary/aromatic N) is 3. The molecule has 0 N–H and O–H groups in total. The Bertz CT molecular complexity index is 867. The largest absolute Gasteiger partial charge is 0.497 e. The summed E-state index contributed by atoms with van der Waals surface area (Å²) in [6.45, 7) is 3.18. The minimum Gasteiger partial charge on any atom is -0.497 e. The van der Waals surface area contributed by atoms with Crippen molar-refractivity contribution in [1.29, 1.82) is 0 Å². The SMILES string of the molecule is COc1ccc([N+](=O)[O-])c(OCC(=O)N2CCN(Cc3ccc(Cl)cc3)CC2)c1. The van der Waals surface area contributed by atoms with Gasteiger partial charge in [0.15, 0.2) is 6.61 Å². The smallest absolute Gasteiger partial charge is 0.311 e. The van der Waals surface area contributed by atoms with Crippen molar-refractivity contribution in [2.24, 2.45) is 0 Å². The van der Waals surface area contributed by atoms with Crippen LogP contribution >= 0.6 is 11.6 Å². The van der Waals surface area contributed by atoms with E-state index in [0.717, 1.165) is 19.6 Å². The normalized spacial score (nSPS) is 14.5. The molecular formula is C20H22ClN3O5. The summed E-state index contributed by atoms with van der Waals surface area (Å²) in [5.41, 5.74) is 0.967. The number of piperazine rings is 1. The molecule has 0 saturated carbocycles. The van der Waals surface area contributed by atoms with Gasteiger partial charge in [-0.1, -0.05) is 23.7 Å². The maximum Gasteiger partial charge on any atom is 0.311 e. The van der Waals surface area contributed by atoms with E-state index < -0.39 is 4.92 Å². The Kier molecular flexibility index (Phi) is 6.90. The van der Waals surface area contributed by atoms with Crippen molar-refractivity contribution < 1.29 is 19.2 Å². The lowest BCUT2D eigenvalue weighted by Crippen LogP contribution is -2.49. The highest BCUT2D eigenvalue weighted by molar-refractivity contribution is 6.30. The summed E-state index contributed by atoms with van der Waals surface area (Å²) in [5, 5.41) is 11.9. The summed E-state index contributed by atoms with van der Waals surface area (Å²) in [6, 6.07) is 11.9. The summed E-state index contributed by atoms with van der Waals surface area (Å²) in [7, 11) is 1.46. The molecule has 0 aliphatic carbocycles. The first-order chi connectivity index (χ1) is 14.0. The number of carbonyl (C=O) groups excluding carboxylic acids is 1. The summed E-state index contributed by atoms with van der Waals surface area (Å²) in [4.78, 5) is 27.1. The van der Waals surface area contributed by atoms with Crippen molar-refractivity contribution in [2.45, 2.75) is 6.54 Å². The van der Waals surface area contributed by atoms with Crippen LogP contribution < -0.4 is 9.47 Å². The quantitative estimate of drug-likeness (QED) is 0.506. The number of hydrogen-bond donors (Lipinski definition) is 0. The lowest BCUT2D eigenvalue weighted by molar-refractivity contribution is -0.385. The number of nitro groups is 1. The van der Waals surface area contributed by atoms with Crippen molar-refractivity contribution in [2.75, 3.05) is 39.9 Å². The molecule has 2 aromatic rings. The van der Waals surface area contributed by atoms with E-state index in [9.17, 15) is 14.9 Å². The van der Waals surface area contributed by atoms with Crippen molar-refractivity contribution in [3.05, 3.63) is 63.2 Å². The van der Waals surface area contributed by atoms with Crippen molar-refractivity contribution in [1.82, 2.24) is 9.80 Å². The fourth-order valence-corrected chi connectivity index (χ4v) is 3.25. The highest BCUT2D eigenvalue weighted by atomic mass is 35.5.